The van der Waals surface area contributed by atoms with Crippen LogP contribution >= 0.6 is 23.2 Å². The molecule has 0 aliphatic carbocycles. The highest BCUT2D eigenvalue weighted by atomic mass is 35.5. The summed E-state index contributed by atoms with van der Waals surface area (Å²) in [6, 6.07) is 16.8. The summed E-state index contributed by atoms with van der Waals surface area (Å²) in [7, 11) is 0. The van der Waals surface area contributed by atoms with E-state index in [4.69, 9.17) is 23.2 Å². The lowest BCUT2D eigenvalue weighted by Crippen LogP contribution is -2.45. The second-order valence-electron chi connectivity index (χ2n) is 12.8. The quantitative estimate of drug-likeness (QED) is 0.290. The van der Waals surface area contributed by atoms with Gasteiger partial charge in [0.05, 0.1) is 17.1 Å². The SMILES string of the molecule is CC(C)(C)C[C@@H]1N[C@@H](C(=O)Nc2ccc(N3CCCCC3)cc2)[C@H](c2cccc(Cl)c2F)[C@@]1(C#N)c1ccc(Cl)cc1F. The van der Waals surface area contributed by atoms with Crippen molar-refractivity contribution in [2.75, 3.05) is 23.3 Å². The molecule has 5 nitrogen and oxygen atoms in total. The predicted molar refractivity (Wildman–Crippen MR) is 169 cm³/mol. The van der Waals surface area contributed by atoms with E-state index in [1.54, 1.807) is 6.07 Å². The van der Waals surface area contributed by atoms with E-state index in [2.05, 4.69) is 21.6 Å². The maximum Gasteiger partial charge on any atom is 0.242 e. The zero-order valence-corrected chi connectivity index (χ0v) is 26.1. The number of benzene rings is 3. The molecule has 226 valence electrons. The van der Waals surface area contributed by atoms with Gasteiger partial charge in [0.1, 0.15) is 17.0 Å². The van der Waals surface area contributed by atoms with Crippen molar-refractivity contribution in [3.05, 3.63) is 93.5 Å². The number of nitrogens with zero attached hydrogens (tertiary/aromatic N) is 2. The highest BCUT2D eigenvalue weighted by Crippen LogP contribution is 2.53. The van der Waals surface area contributed by atoms with Crippen molar-refractivity contribution in [3.8, 4) is 6.07 Å². The summed E-state index contributed by atoms with van der Waals surface area (Å²) < 4.78 is 31.6. The monoisotopic (exact) mass is 624 g/mol. The van der Waals surface area contributed by atoms with Gasteiger partial charge >= 0.3 is 0 Å². The van der Waals surface area contributed by atoms with Crippen molar-refractivity contribution in [3.63, 3.8) is 0 Å². The Hall–Kier alpha value is -3.18. The first-order chi connectivity index (χ1) is 20.4. The van der Waals surface area contributed by atoms with E-state index in [0.717, 1.165) is 37.7 Å². The first kappa shape index (κ1) is 31.3. The summed E-state index contributed by atoms with van der Waals surface area (Å²) in [5, 5.41) is 17.3. The highest BCUT2D eigenvalue weighted by Gasteiger charge is 2.61. The van der Waals surface area contributed by atoms with E-state index in [9.17, 15) is 10.1 Å². The number of amides is 1. The van der Waals surface area contributed by atoms with E-state index >= 15 is 8.78 Å². The Bertz CT molecular complexity index is 1530. The van der Waals surface area contributed by atoms with E-state index in [1.165, 1.54) is 30.7 Å². The average Bonchev–Trinajstić information content (AvgIpc) is 3.28. The molecular weight excluding hydrogens is 589 g/mol. The number of hydrogen-bond donors (Lipinski definition) is 2. The molecule has 0 unspecified atom stereocenters. The maximum absolute atomic E-state index is 15.8. The Kier molecular flexibility index (Phi) is 9.04. The number of anilines is 2. The van der Waals surface area contributed by atoms with Crippen LogP contribution in [0.1, 0.15) is 63.5 Å². The third kappa shape index (κ3) is 6.24. The van der Waals surface area contributed by atoms with Crippen LogP contribution in [0.5, 0.6) is 0 Å². The normalized spacial score (nSPS) is 24.0. The minimum Gasteiger partial charge on any atom is -0.372 e. The molecule has 1 amide bonds. The van der Waals surface area contributed by atoms with E-state index < -0.39 is 41.0 Å². The molecule has 43 heavy (non-hydrogen) atoms. The second kappa shape index (κ2) is 12.4. The fourth-order valence-corrected chi connectivity index (χ4v) is 7.03. The Morgan fingerprint density at radius 2 is 1.77 bits per heavy atom. The van der Waals surface area contributed by atoms with Crippen LogP contribution in [0.4, 0.5) is 20.2 Å². The van der Waals surface area contributed by atoms with Crippen molar-refractivity contribution in [2.45, 2.75) is 69.9 Å². The topological polar surface area (TPSA) is 68.2 Å². The van der Waals surface area contributed by atoms with Gasteiger partial charge in [-0.3, -0.25) is 4.79 Å². The van der Waals surface area contributed by atoms with Crippen molar-refractivity contribution in [2.24, 2.45) is 5.41 Å². The minimum absolute atomic E-state index is 0.0479. The fourth-order valence-electron chi connectivity index (χ4n) is 6.68. The lowest BCUT2D eigenvalue weighted by Gasteiger charge is -2.37. The van der Waals surface area contributed by atoms with Gasteiger partial charge in [-0.15, -0.1) is 0 Å². The molecular formula is C34H36Cl2F2N4O. The molecule has 3 aromatic carbocycles. The van der Waals surface area contributed by atoms with Gasteiger partial charge < -0.3 is 15.5 Å². The van der Waals surface area contributed by atoms with Gasteiger partial charge in [0, 0.05) is 47.0 Å². The predicted octanol–water partition coefficient (Wildman–Crippen LogP) is 8.22. The molecule has 5 rings (SSSR count). The average molecular weight is 626 g/mol. The van der Waals surface area contributed by atoms with E-state index in [-0.39, 0.29) is 26.6 Å². The van der Waals surface area contributed by atoms with Gasteiger partial charge in [-0.05, 0) is 79.1 Å². The summed E-state index contributed by atoms with van der Waals surface area (Å²) in [5.74, 6) is -3.02. The fraction of sp³-hybridized carbons (Fsp3) is 0.412. The largest absolute Gasteiger partial charge is 0.372 e. The maximum atomic E-state index is 15.8. The van der Waals surface area contributed by atoms with Gasteiger partial charge in [0.15, 0.2) is 0 Å². The summed E-state index contributed by atoms with van der Waals surface area (Å²) >= 11 is 12.3. The minimum atomic E-state index is -1.67. The Morgan fingerprint density at radius 1 is 1.07 bits per heavy atom. The molecule has 0 saturated carbocycles. The summed E-state index contributed by atoms with van der Waals surface area (Å²) in [4.78, 5) is 16.4. The van der Waals surface area contributed by atoms with Gasteiger partial charge in [0.2, 0.25) is 5.91 Å². The van der Waals surface area contributed by atoms with Crippen molar-refractivity contribution in [1.82, 2.24) is 5.32 Å². The number of hydrogen-bond acceptors (Lipinski definition) is 4. The molecule has 9 heteroatoms. The molecule has 2 N–H and O–H groups in total. The van der Waals surface area contributed by atoms with Crippen LogP contribution in [0, 0.1) is 28.4 Å². The summed E-state index contributed by atoms with van der Waals surface area (Å²) in [6.45, 7) is 8.00. The number of carbonyl (C=O) groups excluding carboxylic acids is 1. The van der Waals surface area contributed by atoms with Crippen LogP contribution in [-0.2, 0) is 10.2 Å². The summed E-state index contributed by atoms with van der Waals surface area (Å²) in [6.07, 6.45) is 3.93. The van der Waals surface area contributed by atoms with Crippen LogP contribution in [0.3, 0.4) is 0 Å². The molecule has 0 aromatic heterocycles. The number of piperidine rings is 1. The molecule has 2 aliphatic heterocycles. The number of rotatable bonds is 6. The lowest BCUT2D eigenvalue weighted by molar-refractivity contribution is -0.118. The van der Waals surface area contributed by atoms with Crippen LogP contribution in [0.25, 0.3) is 0 Å². The molecule has 2 aliphatic rings. The van der Waals surface area contributed by atoms with Gasteiger partial charge in [-0.25, -0.2) is 8.78 Å². The first-order valence-electron chi connectivity index (χ1n) is 14.7. The standard InChI is InChI=1S/C34H36Cl2F2N4O/c1-33(2,3)19-28-34(20-39,25-15-10-21(35)18-27(25)37)29(24-8-7-9-26(36)30(24)38)31(41-28)32(43)40-22-11-13-23(14-12-22)42-16-5-4-6-17-42/h7-15,18,28-29,31,41H,4-6,16-17,19H2,1-3H3,(H,40,43)/t28-,29-,31+,34-/m0/s1. The molecule has 4 atom stereocenters. The highest BCUT2D eigenvalue weighted by molar-refractivity contribution is 6.31. The number of carbonyl (C=O) groups is 1. The first-order valence-corrected chi connectivity index (χ1v) is 15.4. The molecule has 3 aromatic rings. The van der Waals surface area contributed by atoms with Crippen molar-refractivity contribution in [1.29, 1.82) is 5.26 Å². The van der Waals surface area contributed by atoms with Crippen LogP contribution in [-0.4, -0.2) is 31.1 Å². The molecule has 0 radical (unpaired) electrons. The zero-order chi connectivity index (χ0) is 30.9. The van der Waals surface area contributed by atoms with Crippen LogP contribution in [0.2, 0.25) is 10.0 Å². The number of nitrogens with one attached hydrogen (secondary N) is 2. The second-order valence-corrected chi connectivity index (χ2v) is 13.6. The van der Waals surface area contributed by atoms with Gasteiger partial charge in [-0.1, -0.05) is 62.2 Å². The van der Waals surface area contributed by atoms with Crippen molar-refractivity contribution < 1.29 is 13.6 Å². The third-order valence-corrected chi connectivity index (χ3v) is 9.11. The molecule has 0 bridgehead atoms. The Morgan fingerprint density at radius 3 is 2.40 bits per heavy atom. The van der Waals surface area contributed by atoms with Crippen LogP contribution in [0.15, 0.2) is 60.7 Å². The third-order valence-electron chi connectivity index (χ3n) is 8.59. The zero-order valence-electron chi connectivity index (χ0n) is 24.6. The Labute approximate surface area is 262 Å². The van der Waals surface area contributed by atoms with E-state index in [0.29, 0.717) is 12.1 Å². The van der Waals surface area contributed by atoms with Crippen LogP contribution < -0.4 is 15.5 Å². The van der Waals surface area contributed by atoms with E-state index in [1.807, 2.05) is 45.0 Å². The number of nitriles is 1. The van der Waals surface area contributed by atoms with Crippen molar-refractivity contribution >= 4 is 40.5 Å². The molecule has 2 saturated heterocycles. The smallest absolute Gasteiger partial charge is 0.242 e. The lowest BCUT2D eigenvalue weighted by atomic mass is 9.62. The van der Waals surface area contributed by atoms with Gasteiger partial charge in [-0.2, -0.15) is 5.26 Å². The Balaban J connectivity index is 1.60. The molecule has 2 fully saturated rings. The molecule has 0 spiro atoms. The number of halogens is 4. The summed E-state index contributed by atoms with van der Waals surface area (Å²) in [5.41, 5.74) is -0.233. The molecule has 2 heterocycles. The van der Waals surface area contributed by atoms with Gasteiger partial charge in [0.25, 0.3) is 0 Å².